The molecule has 3 aromatic carbocycles. The van der Waals surface area contributed by atoms with Crippen LogP contribution in [0.2, 0.25) is 5.02 Å². The Balaban J connectivity index is 1.09. The molecule has 5 heterocycles. The molecule has 16 heteroatoms. The van der Waals surface area contributed by atoms with Gasteiger partial charge in [-0.3, -0.25) is 9.88 Å². The summed E-state index contributed by atoms with van der Waals surface area (Å²) in [4.78, 5) is 36.1. The van der Waals surface area contributed by atoms with Crippen LogP contribution in [0.25, 0.3) is 43.9 Å². The lowest BCUT2D eigenvalue weighted by Gasteiger charge is -2.32. The maximum atomic E-state index is 13.0. The number of aromatic nitrogens is 5. The highest BCUT2D eigenvalue weighted by atomic mass is 35.5. The van der Waals surface area contributed by atoms with Crippen LogP contribution in [-0.2, 0) is 17.8 Å². The van der Waals surface area contributed by atoms with E-state index < -0.39 is 12.1 Å². The SMILES string of the molecule is COc1cc(-c2ncc3snc(O[C@H](Cc4ccccc4OCc4ccnc(-c5ccccc5OC)n4)C(=O)O)c3c2-c2ccc(OCCN3CCN(C)CC3)c(Cl)c2C)ccn1. The van der Waals surface area contributed by atoms with Gasteiger partial charge in [0.25, 0.3) is 0 Å². The van der Waals surface area contributed by atoms with Crippen molar-refractivity contribution in [3.63, 3.8) is 0 Å². The van der Waals surface area contributed by atoms with Gasteiger partial charge in [-0.2, -0.15) is 4.37 Å². The largest absolute Gasteiger partial charge is 0.496 e. The van der Waals surface area contributed by atoms with E-state index in [1.54, 1.807) is 51.0 Å². The van der Waals surface area contributed by atoms with Crippen molar-refractivity contribution >= 4 is 39.2 Å². The minimum absolute atomic E-state index is 0.0272. The Morgan fingerprint density at radius 3 is 2.44 bits per heavy atom. The first-order chi connectivity index (χ1) is 30.7. The van der Waals surface area contributed by atoms with E-state index in [9.17, 15) is 9.90 Å². The number of likely N-dealkylation sites (N-methyl/N-ethyl adjacent to an activating group) is 1. The lowest BCUT2D eigenvalue weighted by Crippen LogP contribution is -2.45. The van der Waals surface area contributed by atoms with E-state index in [0.717, 1.165) is 55.0 Å². The monoisotopic (exact) mass is 887 g/mol. The third-order valence-electron chi connectivity index (χ3n) is 10.9. The molecule has 324 valence electrons. The van der Waals surface area contributed by atoms with Crippen molar-refractivity contribution < 1.29 is 33.6 Å². The van der Waals surface area contributed by atoms with E-state index in [-0.39, 0.29) is 18.9 Å². The Labute approximate surface area is 374 Å². The number of hydrogen-bond donors (Lipinski definition) is 1. The standard InChI is InChI=1S/C47H46ClN7O7S/c1-29-33(13-14-37(43(29)48)60-24-23-55-21-19-54(2)20-22-55)41-42-39(27-51-44(41)31-15-17-49-40(26-31)59-4)63-53-46(42)62-38(47(56)57)25-30-9-5-7-11-35(30)61-28-32-16-18-50-45(52-32)34-10-6-8-12-36(34)58-3/h5-18,26-27,38H,19-25,28H2,1-4H3,(H,56,57)/t38-/m1/s1. The van der Waals surface area contributed by atoms with Crippen molar-refractivity contribution in [3.05, 3.63) is 119 Å². The third kappa shape index (κ3) is 9.81. The summed E-state index contributed by atoms with van der Waals surface area (Å²) in [6.45, 7) is 7.35. The number of rotatable bonds is 17. The number of hydrogen-bond acceptors (Lipinski definition) is 14. The highest BCUT2D eigenvalue weighted by Gasteiger charge is 2.28. The summed E-state index contributed by atoms with van der Waals surface area (Å²) in [5.74, 6) is 1.59. The number of para-hydroxylation sites is 2. The Kier molecular flexibility index (Phi) is 13.6. The van der Waals surface area contributed by atoms with Gasteiger partial charge in [-0.15, -0.1) is 0 Å². The minimum atomic E-state index is -1.34. The maximum absolute atomic E-state index is 13.0. The second-order valence-electron chi connectivity index (χ2n) is 15.0. The molecule has 14 nitrogen and oxygen atoms in total. The Hall–Kier alpha value is -6.39. The van der Waals surface area contributed by atoms with E-state index in [1.807, 2.05) is 67.6 Å². The first-order valence-corrected chi connectivity index (χ1v) is 21.5. The van der Waals surface area contributed by atoms with Gasteiger partial charge in [-0.25, -0.2) is 19.7 Å². The molecule has 1 aliphatic heterocycles. The number of piperazine rings is 1. The van der Waals surface area contributed by atoms with Gasteiger partial charge in [-0.05, 0) is 78.6 Å². The fraction of sp³-hybridized carbons (Fsp3) is 0.277. The third-order valence-corrected chi connectivity index (χ3v) is 12.2. The van der Waals surface area contributed by atoms with E-state index in [0.29, 0.717) is 73.2 Å². The van der Waals surface area contributed by atoms with Crippen LogP contribution >= 0.6 is 23.1 Å². The maximum Gasteiger partial charge on any atom is 0.345 e. The topological polar surface area (TPSA) is 154 Å². The van der Waals surface area contributed by atoms with Crippen molar-refractivity contribution in [2.45, 2.75) is 26.1 Å². The van der Waals surface area contributed by atoms with Crippen LogP contribution in [-0.4, -0.2) is 112 Å². The molecule has 0 radical (unpaired) electrons. The average Bonchev–Trinajstić information content (AvgIpc) is 3.73. The Morgan fingerprint density at radius 2 is 1.65 bits per heavy atom. The van der Waals surface area contributed by atoms with Crippen molar-refractivity contribution in [2.75, 3.05) is 60.6 Å². The number of halogens is 1. The van der Waals surface area contributed by atoms with Crippen LogP contribution in [0.5, 0.6) is 29.0 Å². The van der Waals surface area contributed by atoms with Gasteiger partial charge >= 0.3 is 5.97 Å². The zero-order valence-corrected chi connectivity index (χ0v) is 36.9. The van der Waals surface area contributed by atoms with E-state index in [4.69, 9.17) is 45.3 Å². The van der Waals surface area contributed by atoms with Crippen molar-refractivity contribution in [3.8, 4) is 62.8 Å². The second kappa shape index (κ2) is 19.8. The summed E-state index contributed by atoms with van der Waals surface area (Å²) in [7, 11) is 5.29. The molecule has 1 N–H and O–H groups in total. The molecule has 63 heavy (non-hydrogen) atoms. The molecule has 7 aromatic rings. The fourth-order valence-electron chi connectivity index (χ4n) is 7.45. The van der Waals surface area contributed by atoms with Crippen LogP contribution in [0, 0.1) is 6.92 Å². The van der Waals surface area contributed by atoms with Gasteiger partial charge < -0.3 is 33.7 Å². The highest BCUT2D eigenvalue weighted by Crippen LogP contribution is 2.46. The highest BCUT2D eigenvalue weighted by molar-refractivity contribution is 7.13. The molecule has 8 rings (SSSR count). The fourth-order valence-corrected chi connectivity index (χ4v) is 8.37. The number of pyridine rings is 2. The van der Waals surface area contributed by atoms with Crippen LogP contribution in [0.3, 0.4) is 0 Å². The molecule has 0 bridgehead atoms. The van der Waals surface area contributed by atoms with Gasteiger partial charge in [0.15, 0.2) is 5.82 Å². The molecule has 1 fully saturated rings. The zero-order chi connectivity index (χ0) is 43.9. The van der Waals surface area contributed by atoms with Gasteiger partial charge in [0.05, 0.1) is 46.3 Å². The summed E-state index contributed by atoms with van der Waals surface area (Å²) in [5, 5.41) is 11.7. The van der Waals surface area contributed by atoms with Gasteiger partial charge in [0.2, 0.25) is 17.9 Å². The summed E-state index contributed by atoms with van der Waals surface area (Å²) in [5.41, 5.74) is 5.48. The summed E-state index contributed by atoms with van der Waals surface area (Å²) < 4.78 is 35.3. The minimum Gasteiger partial charge on any atom is -0.496 e. The summed E-state index contributed by atoms with van der Waals surface area (Å²) in [6.07, 6.45) is 3.65. The smallest absolute Gasteiger partial charge is 0.345 e. The molecule has 0 saturated carbocycles. The molecule has 0 spiro atoms. The number of nitrogens with zero attached hydrogens (tertiary/aromatic N) is 7. The van der Waals surface area contributed by atoms with Gasteiger partial charge in [0.1, 0.15) is 30.5 Å². The molecule has 1 atom stereocenters. The van der Waals surface area contributed by atoms with Crippen molar-refractivity contribution in [1.82, 2.24) is 34.1 Å². The molecule has 1 saturated heterocycles. The zero-order valence-electron chi connectivity index (χ0n) is 35.3. The number of carbonyl (C=O) groups is 1. The molecule has 4 aromatic heterocycles. The molecule has 0 aliphatic carbocycles. The first-order valence-electron chi connectivity index (χ1n) is 20.4. The number of aliphatic carboxylic acids is 1. The molecule has 0 amide bonds. The van der Waals surface area contributed by atoms with Crippen LogP contribution in [0.4, 0.5) is 0 Å². The van der Waals surface area contributed by atoms with E-state index in [2.05, 4.69) is 31.2 Å². The lowest BCUT2D eigenvalue weighted by molar-refractivity contribution is -0.145. The van der Waals surface area contributed by atoms with Crippen LogP contribution < -0.4 is 23.7 Å². The van der Waals surface area contributed by atoms with Crippen LogP contribution in [0.1, 0.15) is 16.8 Å². The number of ether oxygens (including phenoxy) is 5. The molecule has 0 unspecified atom stereocenters. The van der Waals surface area contributed by atoms with E-state index in [1.165, 1.54) is 11.5 Å². The summed E-state index contributed by atoms with van der Waals surface area (Å²) in [6, 6.07) is 24.0. The number of carboxylic acid groups (broad SMARTS) is 1. The van der Waals surface area contributed by atoms with Crippen LogP contribution in [0.15, 0.2) is 97.5 Å². The molecular formula is C47H46ClN7O7S. The number of carboxylic acids is 1. The Bertz CT molecular complexity index is 2730. The van der Waals surface area contributed by atoms with Gasteiger partial charge in [-0.1, -0.05) is 48.0 Å². The quantitative estimate of drug-likeness (QED) is 0.0936. The van der Waals surface area contributed by atoms with Crippen molar-refractivity contribution in [2.24, 2.45) is 0 Å². The normalized spacial score (nSPS) is 13.7. The molecule has 1 aliphatic rings. The number of fused-ring (bicyclic) bond motifs is 1. The number of methoxy groups -OCH3 is 2. The predicted octanol–water partition coefficient (Wildman–Crippen LogP) is 8.14. The van der Waals surface area contributed by atoms with Gasteiger partial charge in [0, 0.05) is 74.9 Å². The first kappa shape index (κ1) is 43.3. The average molecular weight is 888 g/mol. The van der Waals surface area contributed by atoms with E-state index >= 15 is 0 Å². The Morgan fingerprint density at radius 1 is 0.873 bits per heavy atom. The molecular weight excluding hydrogens is 842 g/mol. The lowest BCUT2D eigenvalue weighted by atomic mass is 9.93. The van der Waals surface area contributed by atoms with Crippen molar-refractivity contribution in [1.29, 1.82) is 0 Å². The second-order valence-corrected chi connectivity index (χ2v) is 16.1. The predicted molar refractivity (Wildman–Crippen MR) is 242 cm³/mol. The number of benzene rings is 3. The summed E-state index contributed by atoms with van der Waals surface area (Å²) >= 11 is 8.27.